The van der Waals surface area contributed by atoms with Gasteiger partial charge in [0.25, 0.3) is 0 Å². The van der Waals surface area contributed by atoms with Gasteiger partial charge < -0.3 is 33.3 Å². The molecule has 1 fully saturated rings. The molecule has 53 heavy (non-hydrogen) atoms. The van der Waals surface area contributed by atoms with E-state index >= 15 is 0 Å². The third kappa shape index (κ3) is 10.3. The van der Waals surface area contributed by atoms with Gasteiger partial charge in [0.2, 0.25) is 0 Å². The van der Waals surface area contributed by atoms with Crippen LogP contribution in [0.3, 0.4) is 0 Å². The standard InChI is InChI=1S/C36H54N6O11/c1-12-27-35(7,53-34(47)42-14-13-38-19-42)17-25(18-39-40-37)28(44)20(2)16-36(8,48-11)31(22(4)29(45)23(5)32(46)51-27)52-33-30(50-24(6)43)26(41(9)10)15-21(3)49-33/h13-14,17,19-23,26-27,30-31,33H,12,15-16,18H2,1-11H3/b25-17+/t20-,21-,22+,23-,26+,27-,30-,31-,33+,35+,36+/m1/s1. The van der Waals surface area contributed by atoms with Crippen molar-refractivity contribution in [2.24, 2.45) is 22.9 Å². The summed E-state index contributed by atoms with van der Waals surface area (Å²) >= 11 is 0. The topological polar surface area (TPSA) is 211 Å². The number of azide groups is 1. The molecular formula is C36H54N6O11. The van der Waals surface area contributed by atoms with Gasteiger partial charge in [-0.3, -0.25) is 19.2 Å². The molecule has 0 aliphatic carbocycles. The maximum absolute atomic E-state index is 14.3. The molecule has 2 aliphatic rings. The molecule has 1 aromatic rings. The number of ketones is 2. The van der Waals surface area contributed by atoms with Crippen LogP contribution in [0.15, 0.2) is 35.5 Å². The van der Waals surface area contributed by atoms with E-state index in [0.717, 1.165) is 4.57 Å². The van der Waals surface area contributed by atoms with E-state index in [1.54, 1.807) is 27.7 Å². The average Bonchev–Trinajstić information content (AvgIpc) is 3.65. The lowest BCUT2D eigenvalue weighted by atomic mass is 9.76. The Kier molecular flexibility index (Phi) is 14.9. The van der Waals surface area contributed by atoms with Crippen molar-refractivity contribution in [3.63, 3.8) is 0 Å². The number of imidazole rings is 1. The molecule has 2 aliphatic heterocycles. The lowest BCUT2D eigenvalue weighted by Gasteiger charge is -2.47. The Labute approximate surface area is 310 Å². The Morgan fingerprint density at radius 3 is 2.40 bits per heavy atom. The lowest BCUT2D eigenvalue weighted by Crippen LogP contribution is -2.60. The fourth-order valence-electron chi connectivity index (χ4n) is 7.18. The Morgan fingerprint density at radius 2 is 1.85 bits per heavy atom. The van der Waals surface area contributed by atoms with E-state index in [1.165, 1.54) is 52.7 Å². The number of aromatic nitrogens is 2. The molecule has 3 heterocycles. The molecule has 3 rings (SSSR count). The van der Waals surface area contributed by atoms with Gasteiger partial charge in [-0.05, 0) is 72.7 Å². The van der Waals surface area contributed by atoms with Crippen molar-refractivity contribution in [3.05, 3.63) is 40.8 Å². The highest BCUT2D eigenvalue weighted by molar-refractivity contribution is 6.00. The number of methoxy groups -OCH3 is 1. The second-order valence-electron chi connectivity index (χ2n) is 14.5. The van der Waals surface area contributed by atoms with Crippen LogP contribution in [0.2, 0.25) is 0 Å². The largest absolute Gasteiger partial charge is 0.457 e. The highest BCUT2D eigenvalue weighted by Crippen LogP contribution is 2.38. The average molecular weight is 747 g/mol. The van der Waals surface area contributed by atoms with E-state index < -0.39 is 89.7 Å². The molecule has 17 heteroatoms. The normalized spacial score (nSPS) is 35.7. The first-order valence-corrected chi connectivity index (χ1v) is 17.7. The molecule has 0 N–H and O–H groups in total. The first-order chi connectivity index (χ1) is 24.8. The molecule has 1 aromatic heterocycles. The van der Waals surface area contributed by atoms with Crippen LogP contribution in [0.4, 0.5) is 4.79 Å². The molecule has 0 radical (unpaired) electrons. The highest BCUT2D eigenvalue weighted by atomic mass is 16.7. The first-order valence-electron chi connectivity index (χ1n) is 17.7. The Hall–Kier alpha value is -4.15. The Bertz CT molecular complexity index is 1560. The van der Waals surface area contributed by atoms with Crippen LogP contribution in [0.1, 0.15) is 74.7 Å². The van der Waals surface area contributed by atoms with Crippen molar-refractivity contribution in [2.45, 2.75) is 123 Å². The molecule has 11 atom stereocenters. The van der Waals surface area contributed by atoms with Crippen molar-refractivity contribution in [3.8, 4) is 0 Å². The predicted molar refractivity (Wildman–Crippen MR) is 189 cm³/mol. The summed E-state index contributed by atoms with van der Waals surface area (Å²) in [6.07, 6.45) is 0.259. The minimum Gasteiger partial charge on any atom is -0.457 e. The van der Waals surface area contributed by atoms with Crippen molar-refractivity contribution < 1.29 is 52.4 Å². The second kappa shape index (κ2) is 18.3. The molecule has 0 saturated carbocycles. The van der Waals surface area contributed by atoms with Crippen LogP contribution >= 0.6 is 0 Å². The van der Waals surface area contributed by atoms with E-state index in [2.05, 4.69) is 15.0 Å². The number of ether oxygens (including phenoxy) is 6. The van der Waals surface area contributed by atoms with Gasteiger partial charge in [-0.1, -0.05) is 25.9 Å². The summed E-state index contributed by atoms with van der Waals surface area (Å²) in [5.74, 6) is -5.75. The molecule has 0 aromatic carbocycles. The van der Waals surface area contributed by atoms with Gasteiger partial charge in [-0.2, -0.15) is 0 Å². The minimum absolute atomic E-state index is 0.0101. The fraction of sp³-hybridized carbons (Fsp3) is 0.722. The zero-order valence-electron chi connectivity index (χ0n) is 32.5. The third-order valence-electron chi connectivity index (χ3n) is 10.1. The molecule has 17 nitrogen and oxygen atoms in total. The van der Waals surface area contributed by atoms with Gasteiger partial charge in [0.05, 0.1) is 30.4 Å². The van der Waals surface area contributed by atoms with E-state index in [1.807, 2.05) is 25.9 Å². The number of hydrogen-bond acceptors (Lipinski definition) is 14. The van der Waals surface area contributed by atoms with Crippen LogP contribution in [0.5, 0.6) is 0 Å². The lowest BCUT2D eigenvalue weighted by molar-refractivity contribution is -0.297. The number of hydrogen-bond donors (Lipinski definition) is 0. The smallest absolute Gasteiger partial charge is 0.420 e. The summed E-state index contributed by atoms with van der Waals surface area (Å²) in [6.45, 7) is 12.2. The van der Waals surface area contributed by atoms with Crippen LogP contribution in [-0.4, -0.2) is 120 Å². The Balaban J connectivity index is 2.22. The number of esters is 2. The van der Waals surface area contributed by atoms with Crippen LogP contribution < -0.4 is 0 Å². The first kappa shape index (κ1) is 43.3. The fourth-order valence-corrected chi connectivity index (χ4v) is 7.18. The number of rotatable bonds is 9. The predicted octanol–water partition coefficient (Wildman–Crippen LogP) is 4.42. The highest BCUT2D eigenvalue weighted by Gasteiger charge is 2.51. The van der Waals surface area contributed by atoms with Crippen molar-refractivity contribution in [1.29, 1.82) is 0 Å². The van der Waals surface area contributed by atoms with Gasteiger partial charge in [0, 0.05) is 48.7 Å². The number of carbonyl (C=O) groups excluding carboxylic acids is 5. The maximum Gasteiger partial charge on any atom is 0.420 e. The maximum atomic E-state index is 14.3. The van der Waals surface area contributed by atoms with Crippen LogP contribution in [0.25, 0.3) is 10.4 Å². The van der Waals surface area contributed by atoms with Crippen molar-refractivity contribution >= 4 is 29.6 Å². The molecule has 1 saturated heterocycles. The summed E-state index contributed by atoms with van der Waals surface area (Å²) in [4.78, 5) is 76.6. The summed E-state index contributed by atoms with van der Waals surface area (Å²) in [6, 6.07) is -0.308. The number of likely N-dealkylation sites (N-methyl/N-ethyl adjacent to an activating group) is 1. The summed E-state index contributed by atoms with van der Waals surface area (Å²) < 4.78 is 37.6. The van der Waals surface area contributed by atoms with E-state index in [-0.39, 0.29) is 30.6 Å². The minimum atomic E-state index is -1.78. The number of carbonyl (C=O) groups is 5. The number of nitrogens with zero attached hydrogens (tertiary/aromatic N) is 6. The molecule has 294 valence electrons. The van der Waals surface area contributed by atoms with Crippen molar-refractivity contribution in [1.82, 2.24) is 14.5 Å². The van der Waals surface area contributed by atoms with Crippen LogP contribution in [-0.2, 0) is 47.6 Å². The summed E-state index contributed by atoms with van der Waals surface area (Å²) in [7, 11) is 5.11. The summed E-state index contributed by atoms with van der Waals surface area (Å²) in [5, 5.41) is 3.65. The zero-order chi connectivity index (χ0) is 39.8. The molecule has 0 spiro atoms. The summed E-state index contributed by atoms with van der Waals surface area (Å²) in [5.41, 5.74) is 6.05. The molecule has 0 bridgehead atoms. The SMILES string of the molecule is CC[C@H]1OC(=O)[C@H](C)C(=O)[C@H](C)[C@@H](O[C@@H]2O[C@H](C)C[C@H](N(C)C)[C@H]2OC(C)=O)[C@@](C)(OC)C[C@@H](C)C(=O)/C(CN=[N+]=[N-])=C/[C@]1(C)OC(=O)n1ccnc1. The van der Waals surface area contributed by atoms with E-state index in [0.29, 0.717) is 6.42 Å². The quantitative estimate of drug-likeness (QED) is 0.0856. The Morgan fingerprint density at radius 1 is 1.17 bits per heavy atom. The van der Waals surface area contributed by atoms with Gasteiger partial charge in [-0.15, -0.1) is 0 Å². The number of cyclic esters (lactones) is 1. The van der Waals surface area contributed by atoms with Crippen LogP contribution in [0, 0.1) is 17.8 Å². The van der Waals surface area contributed by atoms with E-state index in [4.69, 9.17) is 28.4 Å². The van der Waals surface area contributed by atoms with Crippen molar-refractivity contribution in [2.75, 3.05) is 27.7 Å². The van der Waals surface area contributed by atoms with E-state index in [9.17, 15) is 29.5 Å². The zero-order valence-corrected chi connectivity index (χ0v) is 32.5. The second-order valence-corrected chi connectivity index (χ2v) is 14.5. The van der Waals surface area contributed by atoms with Gasteiger partial charge in [0.1, 0.15) is 18.3 Å². The molecule has 0 unspecified atom stereocenters. The molecular weight excluding hydrogens is 692 g/mol. The number of Topliss-reactive ketones (excluding diaryl/α,β-unsaturated/α-hetero) is 2. The van der Waals surface area contributed by atoms with Gasteiger partial charge in [-0.25, -0.2) is 14.3 Å². The van der Waals surface area contributed by atoms with Gasteiger partial charge >= 0.3 is 18.0 Å². The third-order valence-corrected chi connectivity index (χ3v) is 10.1. The monoisotopic (exact) mass is 746 g/mol. The van der Waals surface area contributed by atoms with Gasteiger partial charge in [0.15, 0.2) is 29.6 Å². The molecule has 0 amide bonds.